The van der Waals surface area contributed by atoms with Gasteiger partial charge >= 0.3 is 0 Å². The number of nitrogens with zero attached hydrogens (tertiary/aromatic N) is 1. The van der Waals surface area contributed by atoms with Crippen molar-refractivity contribution in [2.45, 2.75) is 33.6 Å². The van der Waals surface area contributed by atoms with Crippen molar-refractivity contribution in [2.24, 2.45) is 0 Å². The molecule has 2 amide bonds. The molecule has 1 fully saturated rings. The molecule has 1 aliphatic heterocycles. The van der Waals surface area contributed by atoms with E-state index in [9.17, 15) is 9.59 Å². The molecule has 0 radical (unpaired) electrons. The van der Waals surface area contributed by atoms with Crippen LogP contribution in [0.2, 0.25) is 0 Å². The number of rotatable bonds is 0. The van der Waals surface area contributed by atoms with Gasteiger partial charge in [0.2, 0.25) is 11.8 Å². The van der Waals surface area contributed by atoms with Crippen molar-refractivity contribution in [3.8, 4) is 0 Å². The smallest absolute Gasteiger partial charge is 0.229 e. The third-order valence-corrected chi connectivity index (χ3v) is 1.30. The van der Waals surface area contributed by atoms with Crippen LogP contribution in [0, 0.1) is 0 Å². The van der Waals surface area contributed by atoms with Gasteiger partial charge in [-0.05, 0) is 6.92 Å². The quantitative estimate of drug-likeness (QED) is 0.427. The molecule has 76 valence electrons. The molecule has 0 bridgehead atoms. The minimum atomic E-state index is -0.0602. The van der Waals surface area contributed by atoms with Gasteiger partial charge in [0.1, 0.15) is 0 Å². The fourth-order valence-electron chi connectivity index (χ4n) is 0.688. The lowest BCUT2D eigenvalue weighted by molar-refractivity contribution is -0.136. The first-order chi connectivity index (χ1) is 6.13. The number of likely N-dealkylation sites (tertiary alicyclic amines) is 1. The lowest BCUT2D eigenvalue weighted by atomic mass is 10.4. The van der Waals surface area contributed by atoms with Gasteiger partial charge in [-0.15, -0.1) is 6.58 Å². The average Bonchev–Trinajstić information content (AvgIpc) is 2.42. The van der Waals surface area contributed by atoms with Crippen molar-refractivity contribution < 1.29 is 9.59 Å². The maximum absolute atomic E-state index is 10.5. The van der Waals surface area contributed by atoms with E-state index in [4.69, 9.17) is 0 Å². The molecule has 0 aromatic carbocycles. The molecule has 0 unspecified atom stereocenters. The van der Waals surface area contributed by atoms with Crippen LogP contribution < -0.4 is 0 Å². The Morgan fingerprint density at radius 1 is 1.23 bits per heavy atom. The first-order valence-corrected chi connectivity index (χ1v) is 4.50. The molecule has 0 spiro atoms. The largest absolute Gasteiger partial charge is 0.286 e. The van der Waals surface area contributed by atoms with Crippen molar-refractivity contribution >= 4 is 11.8 Å². The van der Waals surface area contributed by atoms with Crippen LogP contribution in [0.15, 0.2) is 12.7 Å². The molecule has 0 aromatic heterocycles. The van der Waals surface area contributed by atoms with Crippen molar-refractivity contribution in [2.75, 3.05) is 7.05 Å². The second-order valence-corrected chi connectivity index (χ2v) is 2.25. The van der Waals surface area contributed by atoms with Gasteiger partial charge in [-0.3, -0.25) is 14.5 Å². The molecular weight excluding hydrogens is 166 g/mol. The van der Waals surface area contributed by atoms with Crippen LogP contribution in [0.1, 0.15) is 33.6 Å². The summed E-state index contributed by atoms with van der Waals surface area (Å²) in [5.41, 5.74) is 0. The van der Waals surface area contributed by atoms with E-state index in [2.05, 4.69) is 6.58 Å². The van der Waals surface area contributed by atoms with Crippen molar-refractivity contribution in [3.63, 3.8) is 0 Å². The molecule has 13 heavy (non-hydrogen) atoms. The van der Waals surface area contributed by atoms with Gasteiger partial charge in [0.15, 0.2) is 0 Å². The summed E-state index contributed by atoms with van der Waals surface area (Å²) in [6, 6.07) is 0. The van der Waals surface area contributed by atoms with E-state index in [1.807, 2.05) is 20.8 Å². The van der Waals surface area contributed by atoms with Crippen LogP contribution in [0.25, 0.3) is 0 Å². The first-order valence-electron chi connectivity index (χ1n) is 4.50. The molecule has 3 nitrogen and oxygen atoms in total. The van der Waals surface area contributed by atoms with Crippen LogP contribution in [0.5, 0.6) is 0 Å². The summed E-state index contributed by atoms with van der Waals surface area (Å²) in [6.45, 7) is 9.25. The molecule has 0 saturated carbocycles. The van der Waals surface area contributed by atoms with Crippen LogP contribution in [0.4, 0.5) is 0 Å². The van der Waals surface area contributed by atoms with Gasteiger partial charge in [0.25, 0.3) is 0 Å². The van der Waals surface area contributed by atoms with E-state index >= 15 is 0 Å². The number of hydrogen-bond donors (Lipinski definition) is 0. The highest BCUT2D eigenvalue weighted by Crippen LogP contribution is 2.07. The van der Waals surface area contributed by atoms with E-state index < -0.39 is 0 Å². The predicted octanol–water partition coefficient (Wildman–Crippen LogP) is 1.98. The summed E-state index contributed by atoms with van der Waals surface area (Å²) < 4.78 is 0. The Labute approximate surface area is 80.4 Å². The zero-order chi connectivity index (χ0) is 10.9. The molecule has 1 rings (SSSR count). The number of allylic oxidation sites excluding steroid dienone is 1. The summed E-state index contributed by atoms with van der Waals surface area (Å²) in [5, 5.41) is 0. The van der Waals surface area contributed by atoms with Crippen LogP contribution in [-0.4, -0.2) is 23.8 Å². The van der Waals surface area contributed by atoms with Crippen molar-refractivity contribution in [1.82, 2.24) is 4.90 Å². The standard InChI is InChI=1S/C5H7NO2.C3H6.C2H6/c1-6-4(7)2-3-5(6)8;1-3-2;1-2/h2-3H2,1H3;3H,1H2,2H3;1-2H3. The Bertz CT molecular complexity index is 160. The zero-order valence-electron chi connectivity index (χ0n) is 8.96. The van der Waals surface area contributed by atoms with Crippen LogP contribution in [0.3, 0.4) is 0 Å². The van der Waals surface area contributed by atoms with E-state index in [0.29, 0.717) is 12.8 Å². The second-order valence-electron chi connectivity index (χ2n) is 2.25. The average molecular weight is 185 g/mol. The van der Waals surface area contributed by atoms with Crippen LogP contribution >= 0.6 is 0 Å². The molecule has 0 atom stereocenters. The molecule has 1 aliphatic rings. The highest BCUT2D eigenvalue weighted by atomic mass is 16.2. The number of amides is 2. The van der Waals surface area contributed by atoms with Crippen molar-refractivity contribution in [1.29, 1.82) is 0 Å². The normalized spacial score (nSPS) is 14.0. The van der Waals surface area contributed by atoms with Crippen molar-refractivity contribution in [3.05, 3.63) is 12.7 Å². The Kier molecular flexibility index (Phi) is 9.94. The van der Waals surface area contributed by atoms with E-state index in [-0.39, 0.29) is 11.8 Å². The number of carbonyl (C=O) groups is 2. The molecule has 1 heterocycles. The monoisotopic (exact) mass is 185 g/mol. The first kappa shape index (κ1) is 14.4. The zero-order valence-corrected chi connectivity index (χ0v) is 8.96. The third kappa shape index (κ3) is 6.08. The fraction of sp³-hybridized carbons (Fsp3) is 0.600. The summed E-state index contributed by atoms with van der Waals surface area (Å²) in [7, 11) is 1.51. The third-order valence-electron chi connectivity index (χ3n) is 1.30. The predicted molar refractivity (Wildman–Crippen MR) is 54.2 cm³/mol. The lowest BCUT2D eigenvalue weighted by Gasteiger charge is -2.01. The fourth-order valence-corrected chi connectivity index (χ4v) is 0.688. The Hall–Kier alpha value is -1.12. The van der Waals surface area contributed by atoms with E-state index in [0.717, 1.165) is 0 Å². The van der Waals surface area contributed by atoms with Gasteiger partial charge in [0.05, 0.1) is 0 Å². The van der Waals surface area contributed by atoms with Crippen LogP contribution in [-0.2, 0) is 9.59 Å². The van der Waals surface area contributed by atoms with Gasteiger partial charge in [0, 0.05) is 19.9 Å². The maximum atomic E-state index is 10.5. The second kappa shape index (κ2) is 8.97. The Morgan fingerprint density at radius 3 is 1.54 bits per heavy atom. The number of hydrogen-bond acceptors (Lipinski definition) is 2. The van der Waals surface area contributed by atoms with Gasteiger partial charge in [-0.1, -0.05) is 19.9 Å². The summed E-state index contributed by atoms with van der Waals surface area (Å²) in [5.74, 6) is -0.120. The topological polar surface area (TPSA) is 37.4 Å². The summed E-state index contributed by atoms with van der Waals surface area (Å²) in [4.78, 5) is 22.1. The highest BCUT2D eigenvalue weighted by molar-refractivity contribution is 6.01. The Morgan fingerprint density at radius 2 is 1.46 bits per heavy atom. The van der Waals surface area contributed by atoms with Gasteiger partial charge in [-0.25, -0.2) is 0 Å². The lowest BCUT2D eigenvalue weighted by Crippen LogP contribution is -2.23. The molecule has 1 saturated heterocycles. The van der Waals surface area contributed by atoms with E-state index in [1.54, 1.807) is 6.08 Å². The SMILES string of the molecule is C=CC.CC.CN1C(=O)CCC1=O. The molecular formula is C10H19NO2. The number of carbonyl (C=O) groups excluding carboxylic acids is 2. The minimum absolute atomic E-state index is 0.0602. The minimum Gasteiger partial charge on any atom is -0.286 e. The summed E-state index contributed by atoms with van der Waals surface area (Å²) in [6.07, 6.45) is 2.55. The van der Waals surface area contributed by atoms with Gasteiger partial charge < -0.3 is 0 Å². The number of imide groups is 1. The van der Waals surface area contributed by atoms with Gasteiger partial charge in [-0.2, -0.15) is 0 Å². The Balaban J connectivity index is 0. The molecule has 0 N–H and O–H groups in total. The molecule has 0 aliphatic carbocycles. The maximum Gasteiger partial charge on any atom is 0.229 e. The molecule has 0 aromatic rings. The summed E-state index contributed by atoms with van der Waals surface area (Å²) >= 11 is 0. The highest BCUT2D eigenvalue weighted by Gasteiger charge is 2.24. The van der Waals surface area contributed by atoms with E-state index in [1.165, 1.54) is 11.9 Å². The molecule has 3 heteroatoms.